The highest BCUT2D eigenvalue weighted by molar-refractivity contribution is 5.66. The zero-order valence-corrected chi connectivity index (χ0v) is 19.3. The van der Waals surface area contributed by atoms with Crippen LogP contribution in [0.2, 0.25) is 0 Å². The second-order valence-electron chi connectivity index (χ2n) is 9.16. The van der Waals surface area contributed by atoms with Crippen LogP contribution in [0.1, 0.15) is 55.6 Å². The fraction of sp³-hybridized carbons (Fsp3) is 0.429. The number of halogens is 4. The van der Waals surface area contributed by atoms with Gasteiger partial charge in [-0.25, -0.2) is 17.6 Å². The average molecular weight is 475 g/mol. The summed E-state index contributed by atoms with van der Waals surface area (Å²) in [5, 5.41) is 0. The van der Waals surface area contributed by atoms with Gasteiger partial charge >= 0.3 is 0 Å². The van der Waals surface area contributed by atoms with Crippen LogP contribution in [0.5, 0.6) is 0 Å². The third-order valence-electron chi connectivity index (χ3n) is 7.15. The smallest absolute Gasteiger partial charge is 0.166 e. The van der Waals surface area contributed by atoms with Crippen molar-refractivity contribution in [1.82, 2.24) is 0 Å². The molecule has 0 spiro atoms. The molecule has 34 heavy (non-hydrogen) atoms. The van der Waals surface area contributed by atoms with Gasteiger partial charge in [-0.1, -0.05) is 49.1 Å². The zero-order chi connectivity index (χ0) is 24.2. The molecular weight excluding hydrogens is 444 g/mol. The maximum atomic E-state index is 15.0. The molecule has 0 bridgehead atoms. The lowest BCUT2D eigenvalue weighted by Gasteiger charge is -2.31. The van der Waals surface area contributed by atoms with Gasteiger partial charge in [0.25, 0.3) is 0 Å². The minimum atomic E-state index is -0.835. The third-order valence-corrected chi connectivity index (χ3v) is 7.15. The van der Waals surface area contributed by atoms with Gasteiger partial charge in [-0.15, -0.1) is 0 Å². The van der Waals surface area contributed by atoms with Crippen LogP contribution in [-0.4, -0.2) is 25.9 Å². The molecule has 2 unspecified atom stereocenters. The van der Waals surface area contributed by atoms with Gasteiger partial charge in [0.1, 0.15) is 11.9 Å². The van der Waals surface area contributed by atoms with E-state index in [0.29, 0.717) is 49.7 Å². The number of methoxy groups -OCH3 is 1. The molecule has 0 N–H and O–H groups in total. The van der Waals surface area contributed by atoms with Crippen LogP contribution in [0.15, 0.2) is 54.6 Å². The van der Waals surface area contributed by atoms with E-state index in [2.05, 4.69) is 6.58 Å². The summed E-state index contributed by atoms with van der Waals surface area (Å²) in [6, 6.07) is 10.4. The molecule has 0 heterocycles. The molecule has 6 heteroatoms. The summed E-state index contributed by atoms with van der Waals surface area (Å²) in [5.74, 6) is -3.93. The Kier molecular flexibility index (Phi) is 7.89. The van der Waals surface area contributed by atoms with E-state index in [-0.39, 0.29) is 24.2 Å². The quantitative estimate of drug-likeness (QED) is 0.380. The molecule has 1 saturated carbocycles. The number of hydrogen-bond donors (Lipinski definition) is 0. The van der Waals surface area contributed by atoms with E-state index in [9.17, 15) is 17.6 Å². The molecule has 0 aliphatic heterocycles. The van der Waals surface area contributed by atoms with Gasteiger partial charge in [0.15, 0.2) is 17.5 Å². The molecule has 0 radical (unpaired) electrons. The molecule has 2 nitrogen and oxygen atoms in total. The Labute approximate surface area is 198 Å². The Balaban J connectivity index is 1.35. The van der Waals surface area contributed by atoms with Crippen LogP contribution in [-0.2, 0) is 9.47 Å². The van der Waals surface area contributed by atoms with Crippen LogP contribution in [0.3, 0.4) is 0 Å². The molecule has 0 amide bonds. The summed E-state index contributed by atoms with van der Waals surface area (Å²) >= 11 is 0. The Morgan fingerprint density at radius 1 is 0.853 bits per heavy atom. The highest BCUT2D eigenvalue weighted by Gasteiger charge is 2.33. The van der Waals surface area contributed by atoms with Gasteiger partial charge in [-0.3, -0.25) is 0 Å². The summed E-state index contributed by atoms with van der Waals surface area (Å²) in [6.45, 7) is 3.82. The Bertz CT molecular complexity index is 1040. The van der Waals surface area contributed by atoms with E-state index in [1.54, 1.807) is 30.3 Å². The highest BCUT2D eigenvalue weighted by Crippen LogP contribution is 2.39. The second kappa shape index (κ2) is 10.9. The van der Waals surface area contributed by atoms with Gasteiger partial charge < -0.3 is 9.47 Å². The number of hydrogen-bond acceptors (Lipinski definition) is 2. The lowest BCUT2D eigenvalue weighted by Crippen LogP contribution is -2.28. The standard InChI is InChI=1S/C28H30F4O2/c1-3-17-4-6-18(7-5-17)22-13-14-23(27(31)26(22)30)19-8-11-21(12-9-19)34-16-20-10-15-24(33-2)28(32)25(20)29/h3-7,13-14,19-21,24H,1,8-12,15-16H2,2H3. The van der Waals surface area contributed by atoms with Gasteiger partial charge in [0, 0.05) is 18.6 Å². The summed E-state index contributed by atoms with van der Waals surface area (Å²) in [6.07, 6.45) is 4.32. The predicted octanol–water partition coefficient (Wildman–Crippen LogP) is 7.89. The van der Waals surface area contributed by atoms with Crippen LogP contribution >= 0.6 is 0 Å². The van der Waals surface area contributed by atoms with Crippen LogP contribution in [0.4, 0.5) is 17.6 Å². The molecular formula is C28H30F4O2. The Hall–Kier alpha value is -2.44. The number of ether oxygens (including phenoxy) is 2. The molecule has 4 rings (SSSR count). The SMILES string of the molecule is C=Cc1ccc(-c2ccc(C3CCC(OCC4CCC(OC)C(F)=C4F)CC3)c(F)c2F)cc1. The van der Waals surface area contributed by atoms with Crippen LogP contribution in [0.25, 0.3) is 17.2 Å². The monoisotopic (exact) mass is 474 g/mol. The normalized spacial score (nSPS) is 25.4. The van der Waals surface area contributed by atoms with Crippen molar-refractivity contribution in [3.63, 3.8) is 0 Å². The van der Waals surface area contributed by atoms with E-state index in [4.69, 9.17) is 9.47 Å². The molecule has 2 aliphatic carbocycles. The molecule has 0 aromatic heterocycles. The summed E-state index contributed by atoms with van der Waals surface area (Å²) in [7, 11) is 1.37. The highest BCUT2D eigenvalue weighted by atomic mass is 19.2. The summed E-state index contributed by atoms with van der Waals surface area (Å²) in [5.41, 5.74) is 2.14. The molecule has 2 atom stereocenters. The molecule has 182 valence electrons. The molecule has 0 saturated heterocycles. The van der Waals surface area contributed by atoms with E-state index >= 15 is 0 Å². The van der Waals surface area contributed by atoms with Crippen molar-refractivity contribution >= 4 is 6.08 Å². The van der Waals surface area contributed by atoms with Crippen LogP contribution < -0.4 is 0 Å². The molecule has 2 aromatic carbocycles. The largest absolute Gasteiger partial charge is 0.377 e. The lowest BCUT2D eigenvalue weighted by molar-refractivity contribution is -0.00393. The van der Waals surface area contributed by atoms with Crippen molar-refractivity contribution in [3.05, 3.63) is 77.4 Å². The first-order valence-electron chi connectivity index (χ1n) is 11.8. The third kappa shape index (κ3) is 5.13. The van der Waals surface area contributed by atoms with E-state index < -0.39 is 35.3 Å². The molecule has 2 aliphatic rings. The minimum absolute atomic E-state index is 0.0946. The van der Waals surface area contributed by atoms with Crippen molar-refractivity contribution in [3.8, 4) is 11.1 Å². The van der Waals surface area contributed by atoms with Gasteiger partial charge in [-0.05, 0) is 61.1 Å². The Morgan fingerprint density at radius 3 is 2.21 bits per heavy atom. The van der Waals surface area contributed by atoms with Gasteiger partial charge in [0.05, 0.1) is 12.7 Å². The van der Waals surface area contributed by atoms with Crippen molar-refractivity contribution in [2.24, 2.45) is 5.92 Å². The fourth-order valence-electron chi connectivity index (χ4n) is 5.03. The fourth-order valence-corrected chi connectivity index (χ4v) is 5.03. The predicted molar refractivity (Wildman–Crippen MR) is 126 cm³/mol. The molecule has 1 fully saturated rings. The van der Waals surface area contributed by atoms with Gasteiger partial charge in [-0.2, -0.15) is 0 Å². The first-order valence-corrected chi connectivity index (χ1v) is 11.8. The lowest BCUT2D eigenvalue weighted by atomic mass is 9.81. The molecule has 2 aromatic rings. The number of rotatable bonds is 7. The van der Waals surface area contributed by atoms with E-state index in [1.165, 1.54) is 7.11 Å². The van der Waals surface area contributed by atoms with Crippen molar-refractivity contribution in [2.75, 3.05) is 13.7 Å². The second-order valence-corrected chi connectivity index (χ2v) is 9.16. The van der Waals surface area contributed by atoms with Crippen molar-refractivity contribution in [2.45, 2.75) is 56.7 Å². The van der Waals surface area contributed by atoms with Crippen molar-refractivity contribution < 1.29 is 27.0 Å². The summed E-state index contributed by atoms with van der Waals surface area (Å²) in [4.78, 5) is 0. The number of benzene rings is 2. The van der Waals surface area contributed by atoms with Crippen molar-refractivity contribution in [1.29, 1.82) is 0 Å². The first-order chi connectivity index (χ1) is 16.4. The summed E-state index contributed by atoms with van der Waals surface area (Å²) < 4.78 is 69.0. The maximum absolute atomic E-state index is 15.0. The van der Waals surface area contributed by atoms with Crippen LogP contribution in [0, 0.1) is 17.6 Å². The topological polar surface area (TPSA) is 18.5 Å². The first kappa shape index (κ1) is 24.7. The Morgan fingerprint density at radius 2 is 1.56 bits per heavy atom. The van der Waals surface area contributed by atoms with E-state index in [1.807, 2.05) is 12.1 Å². The zero-order valence-electron chi connectivity index (χ0n) is 19.3. The van der Waals surface area contributed by atoms with E-state index in [0.717, 1.165) is 5.56 Å². The minimum Gasteiger partial charge on any atom is -0.377 e. The average Bonchev–Trinajstić information content (AvgIpc) is 2.87. The van der Waals surface area contributed by atoms with Gasteiger partial charge in [0.2, 0.25) is 0 Å². The maximum Gasteiger partial charge on any atom is 0.166 e.